The highest BCUT2D eigenvalue weighted by molar-refractivity contribution is 9.10. The average molecular weight is 353 g/mol. The summed E-state index contributed by atoms with van der Waals surface area (Å²) in [5.74, 6) is 0.738. The molecule has 1 aromatic carbocycles. The molecule has 0 aliphatic carbocycles. The van der Waals surface area contributed by atoms with Crippen LogP contribution in [0.5, 0.6) is 5.75 Å². The van der Waals surface area contributed by atoms with Crippen LogP contribution in [0.3, 0.4) is 0 Å². The number of nitrogens with one attached hydrogen (secondary N) is 2. The van der Waals surface area contributed by atoms with E-state index in [9.17, 15) is 4.79 Å². The summed E-state index contributed by atoms with van der Waals surface area (Å²) in [4.78, 5) is 11.3. The molecule has 6 nitrogen and oxygen atoms in total. The zero-order chi connectivity index (χ0) is 15.2. The van der Waals surface area contributed by atoms with E-state index in [2.05, 4.69) is 31.7 Å². The summed E-state index contributed by atoms with van der Waals surface area (Å²) in [7, 11) is 3.25. The minimum atomic E-state index is -0.0849. The van der Waals surface area contributed by atoms with Crippen molar-refractivity contribution in [2.24, 2.45) is 0 Å². The van der Waals surface area contributed by atoms with Crippen molar-refractivity contribution < 1.29 is 9.53 Å². The Balaban J connectivity index is 2.00. The maximum absolute atomic E-state index is 11.3. The van der Waals surface area contributed by atoms with E-state index >= 15 is 0 Å². The molecule has 7 heteroatoms. The summed E-state index contributed by atoms with van der Waals surface area (Å²) in [6, 6.07) is 5.85. The maximum Gasteiger partial charge on any atom is 0.241 e. The van der Waals surface area contributed by atoms with E-state index in [1.54, 1.807) is 31.2 Å². The Morgan fingerprint density at radius 2 is 2.29 bits per heavy atom. The van der Waals surface area contributed by atoms with E-state index in [0.717, 1.165) is 21.5 Å². The molecule has 0 aliphatic heterocycles. The molecule has 0 aliphatic rings. The second-order valence-electron chi connectivity index (χ2n) is 4.41. The van der Waals surface area contributed by atoms with Gasteiger partial charge < -0.3 is 15.4 Å². The molecule has 0 spiro atoms. The minimum absolute atomic E-state index is 0.0849. The Morgan fingerprint density at radius 1 is 1.48 bits per heavy atom. The number of carbonyl (C=O) groups is 1. The van der Waals surface area contributed by atoms with E-state index in [4.69, 9.17) is 4.74 Å². The van der Waals surface area contributed by atoms with Crippen molar-refractivity contribution in [2.45, 2.75) is 13.1 Å². The Morgan fingerprint density at radius 3 is 3.00 bits per heavy atom. The molecule has 2 rings (SSSR count). The van der Waals surface area contributed by atoms with Crippen LogP contribution in [-0.2, 0) is 17.9 Å². The van der Waals surface area contributed by atoms with Crippen LogP contribution in [0.1, 0.15) is 5.56 Å². The monoisotopic (exact) mass is 352 g/mol. The minimum Gasteiger partial charge on any atom is -0.496 e. The zero-order valence-corrected chi connectivity index (χ0v) is 13.5. The summed E-state index contributed by atoms with van der Waals surface area (Å²) in [6.07, 6.45) is 3.48. The molecular formula is C14H17BrN4O2. The van der Waals surface area contributed by atoms with Gasteiger partial charge in [-0.1, -0.05) is 15.9 Å². The normalized spacial score (nSPS) is 10.2. The summed E-state index contributed by atoms with van der Waals surface area (Å²) >= 11 is 3.45. The maximum atomic E-state index is 11.3. The van der Waals surface area contributed by atoms with Crippen molar-refractivity contribution >= 4 is 27.5 Å². The number of anilines is 1. The van der Waals surface area contributed by atoms with Gasteiger partial charge in [-0.15, -0.1) is 0 Å². The molecule has 21 heavy (non-hydrogen) atoms. The van der Waals surface area contributed by atoms with Crippen LogP contribution in [0.25, 0.3) is 0 Å². The quantitative estimate of drug-likeness (QED) is 0.834. The number of likely N-dealkylation sites (N-methyl/N-ethyl adjacent to an activating group) is 1. The Bertz CT molecular complexity index is 627. The summed E-state index contributed by atoms with van der Waals surface area (Å²) < 4.78 is 7.90. The van der Waals surface area contributed by atoms with Crippen LogP contribution in [-0.4, -0.2) is 29.8 Å². The fraction of sp³-hybridized carbons (Fsp3) is 0.286. The molecule has 0 saturated heterocycles. The lowest BCUT2D eigenvalue weighted by molar-refractivity contribution is -0.121. The van der Waals surface area contributed by atoms with E-state index in [-0.39, 0.29) is 12.5 Å². The molecular weight excluding hydrogens is 336 g/mol. The van der Waals surface area contributed by atoms with Crippen LogP contribution in [0.4, 0.5) is 5.69 Å². The molecule has 0 saturated carbocycles. The standard InChI is InChI=1S/C14H17BrN4O2/c1-16-14(20)9-19-8-12(7-18-19)17-6-10-5-11(15)3-4-13(10)21-2/h3-5,7-8,17H,6,9H2,1-2H3,(H,16,20). The molecule has 1 aromatic heterocycles. The molecule has 0 fully saturated rings. The lowest BCUT2D eigenvalue weighted by atomic mass is 10.2. The van der Waals surface area contributed by atoms with Gasteiger partial charge in [-0.3, -0.25) is 9.48 Å². The number of hydrogen-bond acceptors (Lipinski definition) is 4. The van der Waals surface area contributed by atoms with Crippen LogP contribution in [0, 0.1) is 0 Å². The Labute approximate surface area is 131 Å². The van der Waals surface area contributed by atoms with Crippen LogP contribution in [0.15, 0.2) is 35.1 Å². The number of rotatable bonds is 6. The second-order valence-corrected chi connectivity index (χ2v) is 5.33. The molecule has 1 amide bonds. The van der Waals surface area contributed by atoms with Crippen LogP contribution < -0.4 is 15.4 Å². The first-order chi connectivity index (χ1) is 10.1. The number of hydrogen-bond donors (Lipinski definition) is 2. The summed E-state index contributed by atoms with van der Waals surface area (Å²) in [6.45, 7) is 0.812. The lowest BCUT2D eigenvalue weighted by Crippen LogP contribution is -2.23. The fourth-order valence-electron chi connectivity index (χ4n) is 1.85. The van der Waals surface area contributed by atoms with E-state index in [0.29, 0.717) is 6.54 Å². The second kappa shape index (κ2) is 7.12. The fourth-order valence-corrected chi connectivity index (χ4v) is 2.26. The van der Waals surface area contributed by atoms with Gasteiger partial charge in [0.25, 0.3) is 0 Å². The van der Waals surface area contributed by atoms with Crippen molar-refractivity contribution in [2.75, 3.05) is 19.5 Å². The average Bonchev–Trinajstić information content (AvgIpc) is 2.92. The van der Waals surface area contributed by atoms with Crippen molar-refractivity contribution in [3.05, 3.63) is 40.6 Å². The van der Waals surface area contributed by atoms with Crippen LogP contribution in [0.2, 0.25) is 0 Å². The van der Waals surface area contributed by atoms with Crippen LogP contribution >= 0.6 is 15.9 Å². The third-order valence-electron chi connectivity index (χ3n) is 2.94. The highest BCUT2D eigenvalue weighted by Crippen LogP contribution is 2.23. The zero-order valence-electron chi connectivity index (χ0n) is 11.9. The van der Waals surface area contributed by atoms with Gasteiger partial charge in [0.1, 0.15) is 12.3 Å². The molecule has 0 atom stereocenters. The molecule has 0 radical (unpaired) electrons. The first-order valence-corrected chi connectivity index (χ1v) is 7.21. The van der Waals surface area contributed by atoms with E-state index in [1.807, 2.05) is 18.2 Å². The number of benzene rings is 1. The third kappa shape index (κ3) is 4.22. The number of amides is 1. The molecule has 2 aromatic rings. The van der Waals surface area contributed by atoms with Gasteiger partial charge in [-0.05, 0) is 18.2 Å². The van der Waals surface area contributed by atoms with Crippen molar-refractivity contribution in [3.63, 3.8) is 0 Å². The Kier molecular flexibility index (Phi) is 5.21. The number of nitrogens with zero attached hydrogens (tertiary/aromatic N) is 2. The first-order valence-electron chi connectivity index (χ1n) is 6.41. The van der Waals surface area contributed by atoms with Crippen molar-refractivity contribution in [1.29, 1.82) is 0 Å². The van der Waals surface area contributed by atoms with Gasteiger partial charge in [0.2, 0.25) is 5.91 Å². The van der Waals surface area contributed by atoms with Gasteiger partial charge >= 0.3 is 0 Å². The van der Waals surface area contributed by atoms with Gasteiger partial charge in [-0.2, -0.15) is 5.10 Å². The number of aromatic nitrogens is 2. The summed E-state index contributed by atoms with van der Waals surface area (Å²) in [5, 5.41) is 9.95. The molecule has 2 N–H and O–H groups in total. The van der Waals surface area contributed by atoms with Gasteiger partial charge in [-0.25, -0.2) is 0 Å². The lowest BCUT2D eigenvalue weighted by Gasteiger charge is -2.09. The number of ether oxygens (including phenoxy) is 1. The Hall–Kier alpha value is -2.02. The van der Waals surface area contributed by atoms with Crippen molar-refractivity contribution in [3.8, 4) is 5.75 Å². The van der Waals surface area contributed by atoms with Gasteiger partial charge in [0, 0.05) is 29.8 Å². The van der Waals surface area contributed by atoms with Crippen molar-refractivity contribution in [1.82, 2.24) is 15.1 Å². The van der Waals surface area contributed by atoms with Gasteiger partial charge in [0.05, 0.1) is 19.0 Å². The highest BCUT2D eigenvalue weighted by Gasteiger charge is 2.06. The van der Waals surface area contributed by atoms with E-state index < -0.39 is 0 Å². The SMILES string of the molecule is CNC(=O)Cn1cc(NCc2cc(Br)ccc2OC)cn1. The topological polar surface area (TPSA) is 68.2 Å². The largest absolute Gasteiger partial charge is 0.496 e. The molecule has 0 bridgehead atoms. The number of halogens is 1. The first kappa shape index (κ1) is 15.4. The highest BCUT2D eigenvalue weighted by atomic mass is 79.9. The third-order valence-corrected chi connectivity index (χ3v) is 3.44. The smallest absolute Gasteiger partial charge is 0.241 e. The number of methoxy groups -OCH3 is 1. The molecule has 0 unspecified atom stereocenters. The number of carbonyl (C=O) groups excluding carboxylic acids is 1. The predicted octanol–water partition coefficient (Wildman–Crippen LogP) is 2.01. The molecule has 1 heterocycles. The van der Waals surface area contributed by atoms with Gasteiger partial charge in [0.15, 0.2) is 0 Å². The van der Waals surface area contributed by atoms with E-state index in [1.165, 1.54) is 0 Å². The summed E-state index contributed by atoms with van der Waals surface area (Å²) in [5.41, 5.74) is 1.88. The predicted molar refractivity (Wildman–Crippen MR) is 84.3 cm³/mol. The molecule has 112 valence electrons.